The second-order valence-electron chi connectivity index (χ2n) is 6.86. The predicted octanol–water partition coefficient (Wildman–Crippen LogP) is 2.08. The summed E-state index contributed by atoms with van der Waals surface area (Å²) >= 11 is 0. The normalized spacial score (nSPS) is 19.7. The molecule has 0 spiro atoms. The van der Waals surface area contributed by atoms with Crippen molar-refractivity contribution >= 4 is 38.6 Å². The standard InChI is InChI=1S/C19H18N6O2S/c26-18-9-19(28(27)23-18)25-16-5-4-13(8-14(16)10-22-25)15-11-21-17(12-20-15)24-6-2-1-3-7-24/h4-5,8-12H,1-3,6-7H2,(H,23,26). The van der Waals surface area contributed by atoms with Crippen molar-refractivity contribution in [3.05, 3.63) is 42.9 Å². The van der Waals surface area contributed by atoms with Crippen LogP contribution < -0.4 is 9.62 Å². The lowest BCUT2D eigenvalue weighted by atomic mass is 10.1. The molecule has 2 aliphatic rings. The SMILES string of the molecule is O=C1C=C(n2ncc3cc(-c4cnc(N5CCCCC5)cn4)ccc32)S(=O)N1. The fourth-order valence-corrected chi connectivity index (χ4v) is 4.47. The highest BCUT2D eigenvalue weighted by Gasteiger charge is 2.23. The summed E-state index contributed by atoms with van der Waals surface area (Å²) in [5.41, 5.74) is 2.49. The van der Waals surface area contributed by atoms with Gasteiger partial charge in [-0.15, -0.1) is 0 Å². The zero-order valence-electron chi connectivity index (χ0n) is 15.0. The molecular weight excluding hydrogens is 376 g/mol. The summed E-state index contributed by atoms with van der Waals surface area (Å²) in [6, 6.07) is 5.79. The number of hydrogen-bond acceptors (Lipinski definition) is 6. The Labute approximate surface area is 163 Å². The van der Waals surface area contributed by atoms with Crippen molar-refractivity contribution in [1.82, 2.24) is 24.5 Å². The molecule has 1 saturated heterocycles. The first-order valence-electron chi connectivity index (χ1n) is 9.19. The van der Waals surface area contributed by atoms with Crippen molar-refractivity contribution in [3.8, 4) is 11.3 Å². The average Bonchev–Trinajstić information content (AvgIpc) is 3.30. The van der Waals surface area contributed by atoms with Crippen molar-refractivity contribution in [1.29, 1.82) is 0 Å². The highest BCUT2D eigenvalue weighted by molar-refractivity contribution is 7.93. The lowest BCUT2D eigenvalue weighted by Gasteiger charge is -2.27. The van der Waals surface area contributed by atoms with Gasteiger partial charge in [0.15, 0.2) is 16.0 Å². The van der Waals surface area contributed by atoms with E-state index in [2.05, 4.69) is 24.7 Å². The van der Waals surface area contributed by atoms with Crippen LogP contribution >= 0.6 is 0 Å². The number of rotatable bonds is 3. The molecule has 1 atom stereocenters. The van der Waals surface area contributed by atoms with Gasteiger partial charge in [0.2, 0.25) is 0 Å². The summed E-state index contributed by atoms with van der Waals surface area (Å²) in [5, 5.41) is 5.50. The number of anilines is 1. The van der Waals surface area contributed by atoms with Gasteiger partial charge in [-0.25, -0.2) is 13.9 Å². The Morgan fingerprint density at radius 2 is 1.89 bits per heavy atom. The molecule has 3 aromatic rings. The monoisotopic (exact) mass is 394 g/mol. The molecule has 2 aliphatic heterocycles. The number of amides is 1. The fourth-order valence-electron chi connectivity index (χ4n) is 3.60. The lowest BCUT2D eigenvalue weighted by molar-refractivity contribution is -0.114. The van der Waals surface area contributed by atoms with Crippen LogP contribution in [-0.4, -0.2) is 43.0 Å². The smallest absolute Gasteiger partial charge is 0.258 e. The van der Waals surface area contributed by atoms with Crippen LogP contribution in [0.3, 0.4) is 0 Å². The van der Waals surface area contributed by atoms with E-state index in [1.54, 1.807) is 12.4 Å². The number of carbonyl (C=O) groups is 1. The van der Waals surface area contributed by atoms with E-state index >= 15 is 0 Å². The molecule has 0 bridgehead atoms. The van der Waals surface area contributed by atoms with E-state index in [1.165, 1.54) is 30.0 Å². The van der Waals surface area contributed by atoms with Crippen LogP contribution in [0.15, 0.2) is 42.9 Å². The Kier molecular flexibility index (Phi) is 4.16. The fraction of sp³-hybridized carbons (Fsp3) is 0.263. The third-order valence-electron chi connectivity index (χ3n) is 5.03. The van der Waals surface area contributed by atoms with E-state index in [1.807, 2.05) is 24.4 Å². The van der Waals surface area contributed by atoms with Gasteiger partial charge in [-0.05, 0) is 31.4 Å². The second kappa shape index (κ2) is 6.83. The van der Waals surface area contributed by atoms with Gasteiger partial charge in [0.25, 0.3) is 5.91 Å². The molecule has 1 unspecified atom stereocenters. The second-order valence-corrected chi connectivity index (χ2v) is 8.01. The van der Waals surface area contributed by atoms with Crippen LogP contribution in [0, 0.1) is 0 Å². The molecule has 5 rings (SSSR count). The van der Waals surface area contributed by atoms with E-state index < -0.39 is 11.0 Å². The molecule has 142 valence electrons. The predicted molar refractivity (Wildman–Crippen MR) is 107 cm³/mol. The zero-order valence-corrected chi connectivity index (χ0v) is 15.9. The highest BCUT2D eigenvalue weighted by Crippen LogP contribution is 2.26. The van der Waals surface area contributed by atoms with Gasteiger partial charge < -0.3 is 4.90 Å². The Balaban J connectivity index is 1.45. The van der Waals surface area contributed by atoms with Gasteiger partial charge in [0, 0.05) is 30.1 Å². The average molecular weight is 394 g/mol. The van der Waals surface area contributed by atoms with Crippen LogP contribution in [0.25, 0.3) is 27.2 Å². The number of hydrogen-bond donors (Lipinski definition) is 1. The molecule has 0 aliphatic carbocycles. The molecule has 8 nitrogen and oxygen atoms in total. The molecule has 9 heteroatoms. The maximum atomic E-state index is 12.0. The van der Waals surface area contributed by atoms with E-state index in [0.717, 1.165) is 41.1 Å². The maximum absolute atomic E-state index is 12.0. The number of fused-ring (bicyclic) bond motifs is 1. The Bertz CT molecular complexity index is 1120. The van der Waals surface area contributed by atoms with Crippen LogP contribution in [0.4, 0.5) is 5.82 Å². The first-order chi connectivity index (χ1) is 13.7. The number of benzene rings is 1. The topological polar surface area (TPSA) is 93.0 Å². The van der Waals surface area contributed by atoms with E-state index in [-0.39, 0.29) is 5.91 Å². The molecule has 2 aromatic heterocycles. The van der Waals surface area contributed by atoms with E-state index in [9.17, 15) is 9.00 Å². The Morgan fingerprint density at radius 3 is 2.61 bits per heavy atom. The molecular formula is C19H18N6O2S. The van der Waals surface area contributed by atoms with Crippen LogP contribution in [-0.2, 0) is 15.8 Å². The molecule has 0 saturated carbocycles. The van der Waals surface area contributed by atoms with Crippen LogP contribution in [0.1, 0.15) is 19.3 Å². The number of nitrogens with zero attached hydrogens (tertiary/aromatic N) is 5. The number of carbonyl (C=O) groups excluding carboxylic acids is 1. The van der Waals surface area contributed by atoms with Gasteiger partial charge in [-0.3, -0.25) is 14.5 Å². The van der Waals surface area contributed by atoms with Gasteiger partial charge in [0.05, 0.1) is 29.8 Å². The Hall–Kier alpha value is -3.07. The first kappa shape index (κ1) is 17.1. The van der Waals surface area contributed by atoms with Crippen LogP contribution in [0.2, 0.25) is 0 Å². The van der Waals surface area contributed by atoms with Gasteiger partial charge >= 0.3 is 0 Å². The summed E-state index contributed by atoms with van der Waals surface area (Å²) in [4.78, 5) is 22.9. The summed E-state index contributed by atoms with van der Waals surface area (Å²) < 4.78 is 15.9. The Morgan fingerprint density at radius 1 is 1.04 bits per heavy atom. The zero-order chi connectivity index (χ0) is 19.1. The largest absolute Gasteiger partial charge is 0.355 e. The summed E-state index contributed by atoms with van der Waals surface area (Å²) in [7, 11) is -1.59. The number of nitrogens with one attached hydrogen (secondary N) is 1. The molecule has 1 amide bonds. The van der Waals surface area contributed by atoms with E-state index in [4.69, 9.17) is 0 Å². The maximum Gasteiger partial charge on any atom is 0.258 e. The number of piperidine rings is 1. The summed E-state index contributed by atoms with van der Waals surface area (Å²) in [6.07, 6.45) is 10.3. The van der Waals surface area contributed by atoms with Crippen molar-refractivity contribution in [2.75, 3.05) is 18.0 Å². The third kappa shape index (κ3) is 2.97. The molecule has 4 heterocycles. The first-order valence-corrected chi connectivity index (χ1v) is 10.3. The minimum absolute atomic E-state index is 0.332. The van der Waals surface area contributed by atoms with Gasteiger partial charge in [-0.1, -0.05) is 6.07 Å². The lowest BCUT2D eigenvalue weighted by Crippen LogP contribution is -2.30. The summed E-state index contributed by atoms with van der Waals surface area (Å²) in [6.45, 7) is 2.07. The molecule has 1 fully saturated rings. The molecule has 0 radical (unpaired) electrons. The van der Waals surface area contributed by atoms with Gasteiger partial charge in [-0.2, -0.15) is 5.10 Å². The van der Waals surface area contributed by atoms with Crippen molar-refractivity contribution < 1.29 is 9.00 Å². The molecule has 28 heavy (non-hydrogen) atoms. The number of aromatic nitrogens is 4. The summed E-state index contributed by atoms with van der Waals surface area (Å²) in [5.74, 6) is 0.544. The quantitative estimate of drug-likeness (QED) is 0.731. The van der Waals surface area contributed by atoms with E-state index in [0.29, 0.717) is 5.03 Å². The van der Waals surface area contributed by atoms with Crippen molar-refractivity contribution in [2.24, 2.45) is 0 Å². The van der Waals surface area contributed by atoms with Crippen molar-refractivity contribution in [2.45, 2.75) is 19.3 Å². The van der Waals surface area contributed by atoms with Crippen molar-refractivity contribution in [3.63, 3.8) is 0 Å². The van der Waals surface area contributed by atoms with Gasteiger partial charge in [0.1, 0.15) is 5.82 Å². The molecule has 1 N–H and O–H groups in total. The minimum Gasteiger partial charge on any atom is -0.355 e. The minimum atomic E-state index is -1.59. The molecule has 1 aromatic carbocycles. The third-order valence-corrected chi connectivity index (χ3v) is 6.09. The highest BCUT2D eigenvalue weighted by atomic mass is 32.2. The van der Waals surface area contributed by atoms with Crippen LogP contribution in [0.5, 0.6) is 0 Å².